The fourth-order valence-corrected chi connectivity index (χ4v) is 2.54. The Morgan fingerprint density at radius 1 is 1.17 bits per heavy atom. The van der Waals surface area contributed by atoms with Crippen LogP contribution >= 0.6 is 0 Å². The molecule has 0 radical (unpaired) electrons. The summed E-state index contributed by atoms with van der Waals surface area (Å²) in [4.78, 5) is 16.6. The van der Waals surface area contributed by atoms with Gasteiger partial charge in [0.05, 0.1) is 24.0 Å². The second-order valence-corrected chi connectivity index (χ2v) is 5.32. The van der Waals surface area contributed by atoms with E-state index < -0.39 is 0 Å². The lowest BCUT2D eigenvalue weighted by Gasteiger charge is -2.03. The molecule has 4 rings (SSSR count). The molecule has 0 saturated heterocycles. The zero-order valence-electron chi connectivity index (χ0n) is 12.7. The van der Waals surface area contributed by atoms with Crippen LogP contribution < -0.4 is 5.32 Å². The maximum atomic E-state index is 12.4. The standard InChI is InChI=1S/C17H14N6O/c24-17(19-10-13-3-1-2-6-18-13)16-14-5-4-11(7-15(14)22-23-16)12-8-20-21-9-12/h1-9H,10H2,(H,19,24)(H,20,21)(H,22,23). The van der Waals surface area contributed by atoms with Crippen molar-refractivity contribution in [3.8, 4) is 11.1 Å². The minimum absolute atomic E-state index is 0.233. The van der Waals surface area contributed by atoms with Gasteiger partial charge in [0, 0.05) is 23.3 Å². The van der Waals surface area contributed by atoms with Crippen molar-refractivity contribution in [3.05, 3.63) is 66.4 Å². The molecule has 0 atom stereocenters. The lowest BCUT2D eigenvalue weighted by atomic mass is 10.1. The molecule has 0 aliphatic heterocycles. The summed E-state index contributed by atoms with van der Waals surface area (Å²) >= 11 is 0. The van der Waals surface area contributed by atoms with E-state index in [-0.39, 0.29) is 5.91 Å². The molecule has 0 aliphatic carbocycles. The quantitative estimate of drug-likeness (QED) is 0.537. The Morgan fingerprint density at radius 3 is 2.92 bits per heavy atom. The van der Waals surface area contributed by atoms with Crippen molar-refractivity contribution in [3.63, 3.8) is 0 Å². The number of fused-ring (bicyclic) bond motifs is 1. The van der Waals surface area contributed by atoms with Gasteiger partial charge in [0.15, 0.2) is 5.69 Å². The predicted octanol–water partition coefficient (Wildman–Crippen LogP) is 2.28. The highest BCUT2D eigenvalue weighted by Crippen LogP contribution is 2.24. The van der Waals surface area contributed by atoms with Gasteiger partial charge in [-0.25, -0.2) is 0 Å². The lowest BCUT2D eigenvalue weighted by Crippen LogP contribution is -2.23. The molecule has 0 unspecified atom stereocenters. The van der Waals surface area contributed by atoms with Gasteiger partial charge >= 0.3 is 0 Å². The molecule has 7 nitrogen and oxygen atoms in total. The van der Waals surface area contributed by atoms with Gasteiger partial charge in [0.1, 0.15) is 0 Å². The molecule has 1 aromatic carbocycles. The maximum Gasteiger partial charge on any atom is 0.272 e. The van der Waals surface area contributed by atoms with Gasteiger partial charge in [-0.3, -0.25) is 20.0 Å². The lowest BCUT2D eigenvalue weighted by molar-refractivity contribution is 0.0947. The average Bonchev–Trinajstić information content (AvgIpc) is 3.29. The van der Waals surface area contributed by atoms with Crippen LogP contribution in [-0.4, -0.2) is 31.3 Å². The summed E-state index contributed by atoms with van der Waals surface area (Å²) in [7, 11) is 0. The SMILES string of the molecule is O=C(NCc1ccccn1)c1n[nH]c2cc(-c3cn[nH]c3)ccc12. The third-order valence-corrected chi connectivity index (χ3v) is 3.77. The van der Waals surface area contributed by atoms with E-state index in [1.54, 1.807) is 12.4 Å². The molecule has 7 heteroatoms. The second-order valence-electron chi connectivity index (χ2n) is 5.32. The summed E-state index contributed by atoms with van der Waals surface area (Å²) in [6.07, 6.45) is 5.26. The molecule has 118 valence electrons. The second kappa shape index (κ2) is 5.96. The highest BCUT2D eigenvalue weighted by atomic mass is 16.1. The number of amides is 1. The van der Waals surface area contributed by atoms with Crippen LogP contribution in [0.15, 0.2) is 55.0 Å². The molecule has 3 N–H and O–H groups in total. The number of rotatable bonds is 4. The minimum Gasteiger partial charge on any atom is -0.345 e. The van der Waals surface area contributed by atoms with E-state index in [0.717, 1.165) is 27.7 Å². The number of hydrogen-bond donors (Lipinski definition) is 3. The van der Waals surface area contributed by atoms with Crippen molar-refractivity contribution in [1.29, 1.82) is 0 Å². The van der Waals surface area contributed by atoms with Crippen LogP contribution in [0, 0.1) is 0 Å². The first-order valence-electron chi connectivity index (χ1n) is 7.46. The van der Waals surface area contributed by atoms with E-state index in [4.69, 9.17) is 0 Å². The van der Waals surface area contributed by atoms with Crippen LogP contribution in [0.1, 0.15) is 16.2 Å². The first-order valence-corrected chi connectivity index (χ1v) is 7.46. The number of pyridine rings is 1. The van der Waals surface area contributed by atoms with E-state index >= 15 is 0 Å². The van der Waals surface area contributed by atoms with Crippen molar-refractivity contribution < 1.29 is 4.79 Å². The number of carbonyl (C=O) groups is 1. The summed E-state index contributed by atoms with van der Waals surface area (Å²) in [6.45, 7) is 0.362. The molecule has 24 heavy (non-hydrogen) atoms. The normalized spacial score (nSPS) is 10.8. The molecule has 0 bridgehead atoms. The van der Waals surface area contributed by atoms with Crippen LogP contribution in [0.25, 0.3) is 22.0 Å². The van der Waals surface area contributed by atoms with Crippen molar-refractivity contribution in [2.24, 2.45) is 0 Å². The van der Waals surface area contributed by atoms with Crippen LogP contribution in [0.3, 0.4) is 0 Å². The molecular formula is C17H14N6O. The Hall–Kier alpha value is -3.48. The summed E-state index contributed by atoms with van der Waals surface area (Å²) < 4.78 is 0. The predicted molar refractivity (Wildman–Crippen MR) is 89.1 cm³/mol. The Morgan fingerprint density at radius 2 is 2.12 bits per heavy atom. The smallest absolute Gasteiger partial charge is 0.272 e. The fraction of sp³-hybridized carbons (Fsp3) is 0.0588. The fourth-order valence-electron chi connectivity index (χ4n) is 2.54. The molecule has 0 fully saturated rings. The molecule has 3 aromatic heterocycles. The van der Waals surface area contributed by atoms with E-state index in [1.807, 2.05) is 42.6 Å². The van der Waals surface area contributed by atoms with Gasteiger partial charge in [-0.15, -0.1) is 0 Å². The number of nitrogens with one attached hydrogen (secondary N) is 3. The average molecular weight is 318 g/mol. The van der Waals surface area contributed by atoms with E-state index in [9.17, 15) is 4.79 Å². The number of aromatic amines is 2. The van der Waals surface area contributed by atoms with Crippen molar-refractivity contribution in [2.45, 2.75) is 6.54 Å². The number of aromatic nitrogens is 5. The van der Waals surface area contributed by atoms with Gasteiger partial charge in [-0.05, 0) is 29.8 Å². The molecule has 4 aromatic rings. The summed E-state index contributed by atoms with van der Waals surface area (Å²) in [5, 5.41) is 17.4. The number of hydrogen-bond acceptors (Lipinski definition) is 4. The van der Waals surface area contributed by atoms with Gasteiger partial charge in [-0.1, -0.05) is 12.1 Å². The highest BCUT2D eigenvalue weighted by Gasteiger charge is 2.14. The van der Waals surface area contributed by atoms with E-state index in [1.165, 1.54) is 0 Å². The van der Waals surface area contributed by atoms with E-state index in [2.05, 4.69) is 30.7 Å². The Labute approximate surface area is 137 Å². The summed E-state index contributed by atoms with van der Waals surface area (Å²) in [6, 6.07) is 11.4. The first kappa shape index (κ1) is 14.1. The number of benzene rings is 1. The van der Waals surface area contributed by atoms with Gasteiger partial charge in [0.2, 0.25) is 0 Å². The largest absolute Gasteiger partial charge is 0.345 e. The third-order valence-electron chi connectivity index (χ3n) is 3.77. The Balaban J connectivity index is 1.57. The highest BCUT2D eigenvalue weighted by molar-refractivity contribution is 6.05. The number of nitrogens with zero attached hydrogens (tertiary/aromatic N) is 3. The topological polar surface area (TPSA) is 99.3 Å². The third kappa shape index (κ3) is 2.63. The molecule has 0 saturated carbocycles. The monoisotopic (exact) mass is 318 g/mol. The van der Waals surface area contributed by atoms with Crippen molar-refractivity contribution in [1.82, 2.24) is 30.7 Å². The van der Waals surface area contributed by atoms with Gasteiger partial charge < -0.3 is 5.32 Å². The number of H-pyrrole nitrogens is 2. The van der Waals surface area contributed by atoms with Gasteiger partial charge in [-0.2, -0.15) is 10.2 Å². The zero-order valence-corrected chi connectivity index (χ0v) is 12.7. The summed E-state index contributed by atoms with van der Waals surface area (Å²) in [5.41, 5.74) is 3.96. The Bertz CT molecular complexity index is 975. The van der Waals surface area contributed by atoms with E-state index in [0.29, 0.717) is 12.2 Å². The van der Waals surface area contributed by atoms with Crippen LogP contribution in [0.5, 0.6) is 0 Å². The molecule has 0 spiro atoms. The van der Waals surface area contributed by atoms with Crippen LogP contribution in [-0.2, 0) is 6.54 Å². The van der Waals surface area contributed by atoms with Crippen molar-refractivity contribution in [2.75, 3.05) is 0 Å². The summed E-state index contributed by atoms with van der Waals surface area (Å²) in [5.74, 6) is -0.233. The molecular weight excluding hydrogens is 304 g/mol. The zero-order chi connectivity index (χ0) is 16.4. The Kier molecular flexibility index (Phi) is 3.51. The maximum absolute atomic E-state index is 12.4. The van der Waals surface area contributed by atoms with Crippen LogP contribution in [0.2, 0.25) is 0 Å². The van der Waals surface area contributed by atoms with Crippen molar-refractivity contribution >= 4 is 16.8 Å². The molecule has 0 aliphatic rings. The van der Waals surface area contributed by atoms with Gasteiger partial charge in [0.25, 0.3) is 5.91 Å². The number of carbonyl (C=O) groups excluding carboxylic acids is 1. The minimum atomic E-state index is -0.233. The first-order chi connectivity index (χ1) is 11.8. The van der Waals surface area contributed by atoms with Crippen LogP contribution in [0.4, 0.5) is 0 Å². The molecule has 3 heterocycles. The molecule has 1 amide bonds.